The summed E-state index contributed by atoms with van der Waals surface area (Å²) in [6, 6.07) is -5.53. The molecule has 3 saturated carbocycles. The number of carbonyl (C=O) groups excluding carboxylic acids is 12. The number of amides is 12. The zero-order chi connectivity index (χ0) is 71.4. The van der Waals surface area contributed by atoms with Crippen LogP contribution in [0.1, 0.15) is 173 Å². The highest BCUT2D eigenvalue weighted by molar-refractivity contribution is 6.31. The molecule has 28 heteroatoms. The largest absolute Gasteiger partial charge is 0.417 e. The number of rotatable bonds is 9. The van der Waals surface area contributed by atoms with E-state index in [9.17, 15) is 51.5 Å². The topological polar surface area (TPSA) is 270 Å². The maximum atomic E-state index is 15.6. The predicted octanol–water partition coefficient (Wildman–Crippen LogP) is 5.01. The summed E-state index contributed by atoms with van der Waals surface area (Å²) in [6.45, 7) is 4.15. The lowest BCUT2D eigenvalue weighted by Gasteiger charge is -2.43. The molecule has 1 aromatic rings. The minimum Gasteiger partial charge on any atom is -0.343 e. The van der Waals surface area contributed by atoms with Crippen LogP contribution in [0, 0.1) is 17.8 Å². The van der Waals surface area contributed by atoms with E-state index in [1.807, 2.05) is 6.92 Å². The number of carbonyl (C=O) groups is 12. The van der Waals surface area contributed by atoms with E-state index in [2.05, 4.69) is 16.0 Å². The first-order valence-corrected chi connectivity index (χ1v) is 35.3. The van der Waals surface area contributed by atoms with Gasteiger partial charge in [0.15, 0.2) is 0 Å². The molecule has 3 N–H and O–H groups in total. The van der Waals surface area contributed by atoms with Crippen LogP contribution in [0.15, 0.2) is 18.2 Å². The number of nitrogens with one attached hydrogen (secondary N) is 3. The van der Waals surface area contributed by atoms with Crippen LogP contribution in [0.4, 0.5) is 13.2 Å². The van der Waals surface area contributed by atoms with Gasteiger partial charge in [0.05, 0.1) is 36.6 Å². The lowest BCUT2D eigenvalue weighted by Crippen LogP contribution is -2.65. The molecule has 0 radical (unpaired) electrons. The van der Waals surface area contributed by atoms with Gasteiger partial charge in [0, 0.05) is 69.0 Å². The summed E-state index contributed by atoms with van der Waals surface area (Å²) >= 11 is 6.15. The van der Waals surface area contributed by atoms with Crippen molar-refractivity contribution >= 4 is 82.5 Å². The zero-order valence-electron chi connectivity index (χ0n) is 58.4. The molecule has 3 aliphatic carbocycles. The summed E-state index contributed by atoms with van der Waals surface area (Å²) in [4.78, 5) is 188. The quantitative estimate of drug-likeness (QED) is 0.295. The lowest BCUT2D eigenvalue weighted by molar-refractivity contribution is -0.156. The van der Waals surface area contributed by atoms with Gasteiger partial charge < -0.3 is 60.0 Å². The average Bonchev–Trinajstić information content (AvgIpc) is 1.76. The van der Waals surface area contributed by atoms with Crippen molar-refractivity contribution in [2.24, 2.45) is 17.8 Å². The van der Waals surface area contributed by atoms with E-state index in [0.29, 0.717) is 70.0 Å². The van der Waals surface area contributed by atoms with Gasteiger partial charge in [-0.15, -0.1) is 0 Å². The van der Waals surface area contributed by atoms with Gasteiger partial charge in [-0.25, -0.2) is 0 Å². The number of alkyl halides is 3. The van der Waals surface area contributed by atoms with Crippen molar-refractivity contribution in [1.29, 1.82) is 0 Å². The number of benzene rings is 1. The molecule has 97 heavy (non-hydrogen) atoms. The molecule has 7 rings (SSSR count). The summed E-state index contributed by atoms with van der Waals surface area (Å²) < 4.78 is 41.6. The summed E-state index contributed by atoms with van der Waals surface area (Å²) in [5.41, 5.74) is -2.33. The second-order valence-corrected chi connectivity index (χ2v) is 28.8. The third-order valence-electron chi connectivity index (χ3n) is 21.6. The second-order valence-electron chi connectivity index (χ2n) is 28.4. The number of halogens is 4. The van der Waals surface area contributed by atoms with Crippen molar-refractivity contribution in [3.05, 3.63) is 34.3 Å². The third kappa shape index (κ3) is 19.0. The Labute approximate surface area is 574 Å². The molecule has 6 fully saturated rings. The van der Waals surface area contributed by atoms with Crippen molar-refractivity contribution in [2.45, 2.75) is 222 Å². The van der Waals surface area contributed by atoms with Gasteiger partial charge >= 0.3 is 6.18 Å². The first kappa shape index (κ1) is 77.3. The first-order valence-electron chi connectivity index (χ1n) is 35.0. The van der Waals surface area contributed by atoms with Gasteiger partial charge in [-0.3, -0.25) is 57.5 Å². The van der Waals surface area contributed by atoms with Crippen LogP contribution in [0.2, 0.25) is 5.02 Å². The molecule has 8 atom stereocenters. The number of likely N-dealkylation sites (N-methyl/N-ethyl adjacent to an activating group) is 7. The normalized spacial score (nSPS) is 27.2. The fourth-order valence-electron chi connectivity index (χ4n) is 15.0. The monoisotopic (exact) mass is 1380 g/mol. The fraction of sp³-hybridized carbons (Fsp3) is 0.739. The van der Waals surface area contributed by atoms with E-state index in [1.165, 1.54) is 81.9 Å². The Morgan fingerprint density at radius 2 is 1.25 bits per heavy atom. The molecule has 12 amide bonds. The molecule has 1 unspecified atom stereocenters. The van der Waals surface area contributed by atoms with Gasteiger partial charge in [-0.1, -0.05) is 102 Å². The highest BCUT2D eigenvalue weighted by Gasteiger charge is 2.51. The maximum absolute atomic E-state index is 15.6. The first-order chi connectivity index (χ1) is 45.8. The number of fused-ring (bicyclic) bond motifs is 1. The van der Waals surface area contributed by atoms with Crippen LogP contribution in [0.25, 0.3) is 0 Å². The molecule has 3 heterocycles. The Bertz CT molecular complexity index is 3040. The van der Waals surface area contributed by atoms with Crippen molar-refractivity contribution in [3.8, 4) is 0 Å². The van der Waals surface area contributed by atoms with Crippen LogP contribution < -0.4 is 16.0 Å². The van der Waals surface area contributed by atoms with Gasteiger partial charge in [0.25, 0.3) is 0 Å². The van der Waals surface area contributed by atoms with Gasteiger partial charge in [0.1, 0.15) is 47.8 Å². The van der Waals surface area contributed by atoms with Gasteiger partial charge in [-0.05, 0) is 113 Å². The van der Waals surface area contributed by atoms with Crippen LogP contribution in [-0.4, -0.2) is 251 Å². The van der Waals surface area contributed by atoms with E-state index < -0.39 is 173 Å². The number of nitrogens with zero attached hydrogens (tertiary/aromatic N) is 9. The van der Waals surface area contributed by atoms with E-state index in [1.54, 1.807) is 11.8 Å². The Hall–Kier alpha value is -7.06. The van der Waals surface area contributed by atoms with E-state index in [4.69, 9.17) is 11.6 Å². The van der Waals surface area contributed by atoms with Crippen molar-refractivity contribution in [2.75, 3.05) is 88.6 Å². The lowest BCUT2D eigenvalue weighted by atomic mass is 9.81. The molecule has 6 aliphatic rings. The second kappa shape index (κ2) is 34.1. The van der Waals surface area contributed by atoms with Crippen LogP contribution in [0.5, 0.6) is 0 Å². The molecule has 540 valence electrons. The molecule has 3 aliphatic heterocycles. The predicted molar refractivity (Wildman–Crippen MR) is 355 cm³/mol. The number of aryl methyl sites for hydroxylation is 1. The average molecular weight is 1390 g/mol. The SMILES string of the molecule is CC[C@H](C)[C@@H]1NC(=O)[C@H](C)N(C)C(=O)C[C@@H](C(=O)N2CCCC2)N(C)C(=O)[C@H](C2CCCCC2)N(C)C(=O)C2(CCCC2)NC(=O)C2CCCN2C(=O)[C@H](CCc2ccc(C(F)(F)F)c(Cl)c2)NC(=O)CN(C)C(=O)[C@H](CC2CCCCC2)N(C)C(=O)CN(C)C(=O)CN(C)C1=O. The van der Waals surface area contributed by atoms with Crippen molar-refractivity contribution in [1.82, 2.24) is 60.0 Å². The van der Waals surface area contributed by atoms with Gasteiger partial charge in [0.2, 0.25) is 70.9 Å². The molecule has 1 spiro atoms. The molecular formula is C69H104ClF3N12O12. The van der Waals surface area contributed by atoms with Crippen LogP contribution in [-0.2, 0) is 70.1 Å². The smallest absolute Gasteiger partial charge is 0.343 e. The fourth-order valence-corrected chi connectivity index (χ4v) is 15.3. The third-order valence-corrected chi connectivity index (χ3v) is 21.9. The number of likely N-dealkylation sites (tertiary alicyclic amines) is 1. The Morgan fingerprint density at radius 3 is 1.86 bits per heavy atom. The van der Waals surface area contributed by atoms with Crippen LogP contribution >= 0.6 is 11.6 Å². The minimum atomic E-state index is -4.76. The maximum Gasteiger partial charge on any atom is 0.417 e. The van der Waals surface area contributed by atoms with Crippen molar-refractivity contribution in [3.63, 3.8) is 0 Å². The Balaban J connectivity index is 1.26. The standard InChI is InChI=1S/C69H104ClF3N12O12/c1-11-43(2)58-65(95)79(6)41-56(88)77(4)42-57(89)81(8)52(38-45-23-14-12-15-24-45)63(93)78(5)40-54(86)74-50(31-29-46-28-30-48(49(70)37-46)69(71,72)73)62(92)85-36-22-27-51(85)61(91)76-68(32-18-19-33-68)67(97)83(10)59(47-25-16-13-17-26-47)66(96)82(9)53(64(94)84-34-20-21-35-84)39-55(87)80(7)44(3)60(90)75-58/h28,30,37,43-45,47,50-53,58-59H,11-27,29,31-36,38-42H2,1-10H3,(H,74,86)(H,75,90)(H,76,91)/t43-,44-,50-,51?,52-,53-,58-,59-/m0/s1. The minimum absolute atomic E-state index is 0.0223. The molecule has 0 bridgehead atoms. The van der Waals surface area contributed by atoms with Gasteiger partial charge in [-0.2, -0.15) is 13.2 Å². The molecular weight excluding hydrogens is 1280 g/mol. The zero-order valence-corrected chi connectivity index (χ0v) is 59.2. The molecule has 1 aromatic carbocycles. The van der Waals surface area contributed by atoms with Crippen LogP contribution in [0.3, 0.4) is 0 Å². The Morgan fingerprint density at radius 1 is 0.639 bits per heavy atom. The van der Waals surface area contributed by atoms with E-state index in [-0.39, 0.29) is 51.0 Å². The highest BCUT2D eigenvalue weighted by Crippen LogP contribution is 2.38. The molecule has 0 aromatic heterocycles. The summed E-state index contributed by atoms with van der Waals surface area (Å²) in [5, 5.41) is 8.06. The van der Waals surface area contributed by atoms with Crippen molar-refractivity contribution < 1.29 is 70.7 Å². The summed E-state index contributed by atoms with van der Waals surface area (Å²) in [5.74, 6) is -8.61. The van der Waals surface area contributed by atoms with E-state index >= 15 is 19.2 Å². The number of hydrogen-bond donors (Lipinski definition) is 3. The summed E-state index contributed by atoms with van der Waals surface area (Å²) in [7, 11) is 9.89. The molecule has 24 nitrogen and oxygen atoms in total. The summed E-state index contributed by atoms with van der Waals surface area (Å²) in [6.07, 6.45) is 6.14. The Kier molecular flexibility index (Phi) is 27.2. The number of hydrogen-bond acceptors (Lipinski definition) is 12. The van der Waals surface area contributed by atoms with E-state index in [0.717, 1.165) is 83.1 Å². The highest BCUT2D eigenvalue weighted by atomic mass is 35.5. The molecule has 3 saturated heterocycles.